The molecule has 0 saturated carbocycles. The molecule has 9 heteroatoms. The lowest BCUT2D eigenvalue weighted by molar-refractivity contribution is -0.119. The lowest BCUT2D eigenvalue weighted by Gasteiger charge is -2.22. The maximum Gasteiger partial charge on any atom is 0.217 e. The van der Waals surface area contributed by atoms with Crippen molar-refractivity contribution in [2.45, 2.75) is 52.1 Å². The Morgan fingerprint density at radius 3 is 2.73 bits per heavy atom. The van der Waals surface area contributed by atoms with Crippen LogP contribution in [0.15, 0.2) is 24.3 Å². The molecule has 1 fully saturated rings. The Labute approximate surface area is 180 Å². The Morgan fingerprint density at radius 2 is 2.03 bits per heavy atom. The van der Waals surface area contributed by atoms with E-state index in [9.17, 15) is 4.79 Å². The van der Waals surface area contributed by atoms with Gasteiger partial charge in [-0.1, -0.05) is 55.8 Å². The molecule has 8 nitrogen and oxygen atoms in total. The van der Waals surface area contributed by atoms with Gasteiger partial charge in [0.2, 0.25) is 5.91 Å². The van der Waals surface area contributed by atoms with E-state index in [1.54, 1.807) is 11.6 Å². The second-order valence-electron chi connectivity index (χ2n) is 8.76. The standard InChI is InChI=1S/C21H26ClN7O/c1-13(30)23-15-9-10-28(12-15)18-17-19(25-20(24-18)21(2,3)4)29(27-26-17)11-14-7-5-6-8-16(14)22/h5-8,15H,9-12H2,1-4H3,(H,23,30)/t15-/m0/s1. The summed E-state index contributed by atoms with van der Waals surface area (Å²) in [5.74, 6) is 1.48. The first kappa shape index (κ1) is 20.5. The maximum absolute atomic E-state index is 11.5. The molecule has 158 valence electrons. The van der Waals surface area contributed by atoms with Gasteiger partial charge in [0.25, 0.3) is 0 Å². The van der Waals surface area contributed by atoms with Crippen LogP contribution in [0.5, 0.6) is 0 Å². The van der Waals surface area contributed by atoms with Crippen LogP contribution in [0, 0.1) is 0 Å². The molecule has 0 aliphatic carbocycles. The van der Waals surface area contributed by atoms with E-state index < -0.39 is 0 Å². The molecule has 3 heterocycles. The van der Waals surface area contributed by atoms with Crippen molar-refractivity contribution in [1.82, 2.24) is 30.3 Å². The number of hydrogen-bond acceptors (Lipinski definition) is 6. The van der Waals surface area contributed by atoms with Crippen LogP contribution >= 0.6 is 11.6 Å². The highest BCUT2D eigenvalue weighted by Gasteiger charge is 2.30. The molecule has 0 unspecified atom stereocenters. The van der Waals surface area contributed by atoms with Crippen LogP contribution < -0.4 is 10.2 Å². The van der Waals surface area contributed by atoms with E-state index in [0.29, 0.717) is 29.3 Å². The molecule has 30 heavy (non-hydrogen) atoms. The van der Waals surface area contributed by atoms with E-state index in [2.05, 4.69) is 41.3 Å². The average molecular weight is 428 g/mol. The average Bonchev–Trinajstić information content (AvgIpc) is 3.29. The molecule has 1 N–H and O–H groups in total. The van der Waals surface area contributed by atoms with E-state index in [1.807, 2.05) is 24.3 Å². The minimum atomic E-state index is -0.237. The third-order valence-corrected chi connectivity index (χ3v) is 5.56. The number of halogens is 1. The van der Waals surface area contributed by atoms with Gasteiger partial charge >= 0.3 is 0 Å². The zero-order valence-electron chi connectivity index (χ0n) is 17.7. The van der Waals surface area contributed by atoms with Gasteiger partial charge in [0.1, 0.15) is 5.82 Å². The number of amides is 1. The summed E-state index contributed by atoms with van der Waals surface area (Å²) in [6.07, 6.45) is 0.865. The molecular weight excluding hydrogens is 402 g/mol. The number of carbonyl (C=O) groups excluding carboxylic acids is 1. The van der Waals surface area contributed by atoms with Gasteiger partial charge in [-0.15, -0.1) is 5.10 Å². The molecule has 2 aromatic heterocycles. The number of fused-ring (bicyclic) bond motifs is 1. The minimum Gasteiger partial charge on any atom is -0.352 e. The molecule has 1 aliphatic rings. The van der Waals surface area contributed by atoms with Crippen LogP contribution in [0.25, 0.3) is 11.2 Å². The molecule has 1 aromatic carbocycles. The van der Waals surface area contributed by atoms with Gasteiger partial charge in [0.05, 0.1) is 6.54 Å². The second kappa shape index (κ2) is 7.83. The van der Waals surface area contributed by atoms with Crippen LogP contribution in [-0.2, 0) is 16.8 Å². The summed E-state index contributed by atoms with van der Waals surface area (Å²) < 4.78 is 1.78. The fourth-order valence-corrected chi connectivity index (χ4v) is 3.85. The summed E-state index contributed by atoms with van der Waals surface area (Å²) in [6, 6.07) is 7.80. The van der Waals surface area contributed by atoms with Gasteiger partial charge in [-0.25, -0.2) is 14.6 Å². The topological polar surface area (TPSA) is 88.8 Å². The van der Waals surface area contributed by atoms with E-state index in [1.165, 1.54) is 0 Å². The lowest BCUT2D eigenvalue weighted by atomic mass is 9.96. The van der Waals surface area contributed by atoms with Crippen molar-refractivity contribution in [3.63, 3.8) is 0 Å². The number of hydrogen-bond donors (Lipinski definition) is 1. The van der Waals surface area contributed by atoms with Gasteiger partial charge in [0, 0.05) is 36.5 Å². The Kier molecular flexibility index (Phi) is 5.36. The largest absolute Gasteiger partial charge is 0.352 e. The predicted molar refractivity (Wildman–Crippen MR) is 117 cm³/mol. The highest BCUT2D eigenvalue weighted by Crippen LogP contribution is 2.29. The summed E-state index contributed by atoms with van der Waals surface area (Å²) in [4.78, 5) is 23.3. The first-order chi connectivity index (χ1) is 14.2. The van der Waals surface area contributed by atoms with Crippen LogP contribution in [-0.4, -0.2) is 50.0 Å². The molecule has 1 atom stereocenters. The highest BCUT2D eigenvalue weighted by molar-refractivity contribution is 6.31. The fraction of sp³-hybridized carbons (Fsp3) is 0.476. The summed E-state index contributed by atoms with van der Waals surface area (Å²) >= 11 is 6.35. The molecule has 0 bridgehead atoms. The number of nitrogens with zero attached hydrogens (tertiary/aromatic N) is 6. The van der Waals surface area contributed by atoms with E-state index in [0.717, 1.165) is 30.2 Å². The number of rotatable bonds is 4. The summed E-state index contributed by atoms with van der Waals surface area (Å²) in [6.45, 7) is 9.76. The maximum atomic E-state index is 11.5. The first-order valence-electron chi connectivity index (χ1n) is 10.1. The van der Waals surface area contributed by atoms with Crippen LogP contribution in [0.4, 0.5) is 5.82 Å². The van der Waals surface area contributed by atoms with Gasteiger partial charge in [0.15, 0.2) is 17.0 Å². The smallest absolute Gasteiger partial charge is 0.217 e. The minimum absolute atomic E-state index is 0.0178. The van der Waals surface area contributed by atoms with Gasteiger partial charge in [-0.05, 0) is 18.1 Å². The molecule has 1 aliphatic heterocycles. The second-order valence-corrected chi connectivity index (χ2v) is 9.17. The van der Waals surface area contributed by atoms with Crippen molar-refractivity contribution >= 4 is 34.5 Å². The normalized spacial score (nSPS) is 17.0. The van der Waals surface area contributed by atoms with Crippen LogP contribution in [0.2, 0.25) is 5.02 Å². The van der Waals surface area contributed by atoms with Gasteiger partial charge < -0.3 is 10.2 Å². The molecule has 1 saturated heterocycles. The summed E-state index contributed by atoms with van der Waals surface area (Å²) in [5, 5.41) is 12.5. The van der Waals surface area contributed by atoms with Crippen molar-refractivity contribution in [2.24, 2.45) is 0 Å². The number of aromatic nitrogens is 5. The zero-order chi connectivity index (χ0) is 21.5. The number of anilines is 1. The van der Waals surface area contributed by atoms with Crippen molar-refractivity contribution in [3.8, 4) is 0 Å². The van der Waals surface area contributed by atoms with E-state index in [-0.39, 0.29) is 17.4 Å². The Balaban J connectivity index is 1.76. The summed E-state index contributed by atoms with van der Waals surface area (Å²) in [5.41, 5.74) is 2.07. The molecule has 3 aromatic rings. The number of benzene rings is 1. The predicted octanol–water partition coefficient (Wildman–Crippen LogP) is 2.94. The Hall–Kier alpha value is -2.74. The fourth-order valence-electron chi connectivity index (χ4n) is 3.65. The quantitative estimate of drug-likeness (QED) is 0.688. The number of carbonyl (C=O) groups is 1. The Morgan fingerprint density at radius 1 is 1.27 bits per heavy atom. The van der Waals surface area contributed by atoms with E-state index in [4.69, 9.17) is 21.6 Å². The summed E-state index contributed by atoms with van der Waals surface area (Å²) in [7, 11) is 0. The van der Waals surface area contributed by atoms with Crippen molar-refractivity contribution in [2.75, 3.05) is 18.0 Å². The molecule has 4 rings (SSSR count). The first-order valence-corrected chi connectivity index (χ1v) is 10.5. The lowest BCUT2D eigenvalue weighted by Crippen LogP contribution is -2.36. The molecule has 1 amide bonds. The zero-order valence-corrected chi connectivity index (χ0v) is 18.4. The van der Waals surface area contributed by atoms with Crippen LogP contribution in [0.1, 0.15) is 45.5 Å². The molecule has 0 radical (unpaired) electrons. The molecular formula is C21H26ClN7O. The van der Waals surface area contributed by atoms with Crippen molar-refractivity contribution in [1.29, 1.82) is 0 Å². The van der Waals surface area contributed by atoms with Gasteiger partial charge in [-0.2, -0.15) is 0 Å². The van der Waals surface area contributed by atoms with Crippen molar-refractivity contribution in [3.05, 3.63) is 40.7 Å². The molecule has 0 spiro atoms. The van der Waals surface area contributed by atoms with Gasteiger partial charge in [-0.3, -0.25) is 4.79 Å². The highest BCUT2D eigenvalue weighted by atomic mass is 35.5. The SMILES string of the molecule is CC(=O)N[C@H]1CCN(c2nc(C(C)(C)C)nc3c2nnn3Cc2ccccc2Cl)C1. The third-order valence-electron chi connectivity index (χ3n) is 5.19. The monoisotopic (exact) mass is 427 g/mol. The van der Waals surface area contributed by atoms with E-state index >= 15 is 0 Å². The third kappa shape index (κ3) is 4.09. The van der Waals surface area contributed by atoms with Crippen LogP contribution in [0.3, 0.4) is 0 Å². The Bertz CT molecular complexity index is 1090. The number of nitrogens with one attached hydrogen (secondary N) is 1. The van der Waals surface area contributed by atoms with Crippen molar-refractivity contribution < 1.29 is 4.79 Å².